The molecule has 104 valence electrons. The summed E-state index contributed by atoms with van der Waals surface area (Å²) >= 11 is 6.19. The molecular weight excluding hydrogens is 262 g/mol. The molecule has 1 aliphatic carbocycles. The van der Waals surface area contributed by atoms with Crippen molar-refractivity contribution in [2.24, 2.45) is 5.41 Å². The number of benzene rings is 1. The zero-order valence-electron chi connectivity index (χ0n) is 11.5. The Morgan fingerprint density at radius 2 is 2.21 bits per heavy atom. The summed E-state index contributed by atoms with van der Waals surface area (Å²) in [5.74, 6) is 1.43. The molecule has 19 heavy (non-hydrogen) atoms. The summed E-state index contributed by atoms with van der Waals surface area (Å²) in [5, 5.41) is 4.29. The molecule has 0 radical (unpaired) electrons. The molecular formula is C15H20ClNO2. The van der Waals surface area contributed by atoms with Gasteiger partial charge >= 0.3 is 0 Å². The van der Waals surface area contributed by atoms with E-state index in [9.17, 15) is 0 Å². The summed E-state index contributed by atoms with van der Waals surface area (Å²) < 4.78 is 10.7. The maximum atomic E-state index is 6.19. The first kappa shape index (κ1) is 13.1. The number of rotatable bonds is 3. The normalized spacial score (nSPS) is 23.8. The van der Waals surface area contributed by atoms with Gasteiger partial charge in [0.25, 0.3) is 0 Å². The third-order valence-corrected chi connectivity index (χ3v) is 4.58. The van der Waals surface area contributed by atoms with Gasteiger partial charge in [-0.25, -0.2) is 0 Å². The smallest absolute Gasteiger partial charge is 0.231 e. The quantitative estimate of drug-likeness (QED) is 0.916. The van der Waals surface area contributed by atoms with Crippen molar-refractivity contribution < 1.29 is 9.47 Å². The highest BCUT2D eigenvalue weighted by molar-refractivity contribution is 6.32. The molecule has 0 spiro atoms. The summed E-state index contributed by atoms with van der Waals surface area (Å²) in [5.41, 5.74) is 1.54. The molecule has 0 amide bonds. The van der Waals surface area contributed by atoms with Crippen molar-refractivity contribution in [1.29, 1.82) is 0 Å². The summed E-state index contributed by atoms with van der Waals surface area (Å²) in [6.07, 6.45) is 3.87. The summed E-state index contributed by atoms with van der Waals surface area (Å²) in [4.78, 5) is 0. The fraction of sp³-hybridized carbons (Fsp3) is 0.600. The molecule has 1 N–H and O–H groups in total. The Morgan fingerprint density at radius 1 is 1.37 bits per heavy atom. The van der Waals surface area contributed by atoms with Crippen LogP contribution in [0.2, 0.25) is 5.02 Å². The van der Waals surface area contributed by atoms with Crippen molar-refractivity contribution in [3.8, 4) is 11.5 Å². The van der Waals surface area contributed by atoms with Gasteiger partial charge in [0, 0.05) is 12.6 Å². The van der Waals surface area contributed by atoms with Crippen molar-refractivity contribution in [3.05, 3.63) is 22.7 Å². The average Bonchev–Trinajstić information content (AvgIpc) is 2.93. The minimum absolute atomic E-state index is 0.265. The van der Waals surface area contributed by atoms with E-state index in [1.54, 1.807) is 0 Å². The summed E-state index contributed by atoms with van der Waals surface area (Å²) in [6.45, 7) is 5.76. The van der Waals surface area contributed by atoms with Gasteiger partial charge in [-0.2, -0.15) is 0 Å². The van der Waals surface area contributed by atoms with Crippen LogP contribution in [-0.2, 0) is 6.54 Å². The van der Waals surface area contributed by atoms with Gasteiger partial charge in [-0.05, 0) is 36.0 Å². The number of hydrogen-bond donors (Lipinski definition) is 1. The van der Waals surface area contributed by atoms with Crippen molar-refractivity contribution in [2.45, 2.75) is 45.7 Å². The number of fused-ring (bicyclic) bond motifs is 1. The van der Waals surface area contributed by atoms with E-state index >= 15 is 0 Å². The van der Waals surface area contributed by atoms with Crippen LogP contribution in [0.3, 0.4) is 0 Å². The standard InChI is InChI=1S/C15H20ClNO2/c1-15(2)5-3-4-13(15)17-8-10-6-11(16)14-12(7-10)18-9-19-14/h6-7,13,17H,3-5,8-9H2,1-2H3. The van der Waals surface area contributed by atoms with E-state index in [1.807, 2.05) is 12.1 Å². The van der Waals surface area contributed by atoms with Crippen LogP contribution in [0.1, 0.15) is 38.7 Å². The Balaban J connectivity index is 1.69. The lowest BCUT2D eigenvalue weighted by molar-refractivity contribution is 0.174. The lowest BCUT2D eigenvalue weighted by atomic mass is 9.87. The fourth-order valence-corrected chi connectivity index (χ4v) is 3.36. The highest BCUT2D eigenvalue weighted by atomic mass is 35.5. The van der Waals surface area contributed by atoms with Crippen LogP contribution >= 0.6 is 11.6 Å². The van der Waals surface area contributed by atoms with E-state index in [2.05, 4.69) is 19.2 Å². The molecule has 4 heteroatoms. The van der Waals surface area contributed by atoms with Gasteiger partial charge < -0.3 is 14.8 Å². The zero-order chi connectivity index (χ0) is 13.5. The Morgan fingerprint density at radius 3 is 2.95 bits per heavy atom. The van der Waals surface area contributed by atoms with E-state index in [0.29, 0.717) is 22.2 Å². The van der Waals surface area contributed by atoms with Gasteiger partial charge in [0.1, 0.15) is 0 Å². The van der Waals surface area contributed by atoms with Crippen LogP contribution in [0.5, 0.6) is 11.5 Å². The third kappa shape index (κ3) is 2.54. The second-order valence-corrected chi connectivity index (χ2v) is 6.53. The molecule has 3 rings (SSSR count). The molecule has 0 bridgehead atoms. The maximum absolute atomic E-state index is 6.19. The topological polar surface area (TPSA) is 30.5 Å². The Bertz CT molecular complexity index is 487. The van der Waals surface area contributed by atoms with Gasteiger partial charge in [0.15, 0.2) is 11.5 Å². The highest BCUT2D eigenvalue weighted by Gasteiger charge is 2.33. The number of nitrogens with one attached hydrogen (secondary N) is 1. The SMILES string of the molecule is CC1(C)CCCC1NCc1cc(Cl)c2c(c1)OCO2. The van der Waals surface area contributed by atoms with Crippen LogP contribution in [0.4, 0.5) is 0 Å². The van der Waals surface area contributed by atoms with Gasteiger partial charge in [0.2, 0.25) is 6.79 Å². The average molecular weight is 282 g/mol. The van der Waals surface area contributed by atoms with E-state index in [1.165, 1.54) is 19.3 Å². The molecule has 1 aromatic carbocycles. The van der Waals surface area contributed by atoms with E-state index in [4.69, 9.17) is 21.1 Å². The largest absolute Gasteiger partial charge is 0.454 e. The monoisotopic (exact) mass is 281 g/mol. The summed E-state index contributed by atoms with van der Waals surface area (Å²) in [6, 6.07) is 4.56. The molecule has 1 unspecified atom stereocenters. The number of hydrogen-bond acceptors (Lipinski definition) is 3. The Kier molecular flexibility index (Phi) is 3.35. The van der Waals surface area contributed by atoms with Crippen LogP contribution < -0.4 is 14.8 Å². The number of halogens is 1. The minimum Gasteiger partial charge on any atom is -0.454 e. The highest BCUT2D eigenvalue weighted by Crippen LogP contribution is 2.40. The van der Waals surface area contributed by atoms with Crippen molar-refractivity contribution >= 4 is 11.6 Å². The molecule has 1 saturated carbocycles. The van der Waals surface area contributed by atoms with E-state index < -0.39 is 0 Å². The Hall–Kier alpha value is -0.930. The molecule has 3 nitrogen and oxygen atoms in total. The van der Waals surface area contributed by atoms with Crippen molar-refractivity contribution in [1.82, 2.24) is 5.32 Å². The molecule has 1 heterocycles. The molecule has 0 aromatic heterocycles. The lowest BCUT2D eigenvalue weighted by Gasteiger charge is -2.28. The first-order valence-corrected chi connectivity index (χ1v) is 7.25. The van der Waals surface area contributed by atoms with Crippen LogP contribution in [0.25, 0.3) is 0 Å². The van der Waals surface area contributed by atoms with E-state index in [0.717, 1.165) is 17.9 Å². The minimum atomic E-state index is 0.265. The molecule has 1 fully saturated rings. The van der Waals surface area contributed by atoms with Gasteiger partial charge in [-0.3, -0.25) is 0 Å². The molecule has 1 aliphatic heterocycles. The van der Waals surface area contributed by atoms with Crippen molar-refractivity contribution in [2.75, 3.05) is 6.79 Å². The summed E-state index contributed by atoms with van der Waals surface area (Å²) in [7, 11) is 0. The molecule has 1 atom stereocenters. The second kappa shape index (κ2) is 4.88. The predicted molar refractivity (Wildman–Crippen MR) is 75.8 cm³/mol. The van der Waals surface area contributed by atoms with Crippen LogP contribution in [0, 0.1) is 5.41 Å². The number of ether oxygens (including phenoxy) is 2. The van der Waals surface area contributed by atoms with Gasteiger partial charge in [-0.15, -0.1) is 0 Å². The zero-order valence-corrected chi connectivity index (χ0v) is 12.2. The predicted octanol–water partition coefficient (Wildman–Crippen LogP) is 3.74. The first-order valence-electron chi connectivity index (χ1n) is 6.88. The maximum Gasteiger partial charge on any atom is 0.231 e. The third-order valence-electron chi connectivity index (χ3n) is 4.30. The fourth-order valence-electron chi connectivity index (χ4n) is 3.07. The van der Waals surface area contributed by atoms with Crippen LogP contribution in [-0.4, -0.2) is 12.8 Å². The van der Waals surface area contributed by atoms with Gasteiger partial charge in [0.05, 0.1) is 5.02 Å². The molecule has 0 saturated heterocycles. The first-order chi connectivity index (χ1) is 9.06. The van der Waals surface area contributed by atoms with E-state index in [-0.39, 0.29) is 6.79 Å². The second-order valence-electron chi connectivity index (χ2n) is 6.13. The molecule has 1 aromatic rings. The van der Waals surface area contributed by atoms with Crippen LogP contribution in [0.15, 0.2) is 12.1 Å². The Labute approximate surface area is 119 Å². The lowest BCUT2D eigenvalue weighted by Crippen LogP contribution is -2.37. The molecule has 2 aliphatic rings. The van der Waals surface area contributed by atoms with Crippen molar-refractivity contribution in [3.63, 3.8) is 0 Å². The van der Waals surface area contributed by atoms with Gasteiger partial charge in [-0.1, -0.05) is 31.9 Å².